The quantitative estimate of drug-likeness (QED) is 0.862. The lowest BCUT2D eigenvalue weighted by molar-refractivity contribution is 0.611. The van der Waals surface area contributed by atoms with Gasteiger partial charge in [0.1, 0.15) is 5.82 Å². The summed E-state index contributed by atoms with van der Waals surface area (Å²) in [6.45, 7) is 5.37. The topological polar surface area (TPSA) is 12.0 Å². The standard InChI is InChI=1S/C16H18FN/c1-12-5-3-4-6-15(12)11-18-10-14-8-7-13(2)16(17)9-14/h3-9,18H,10-11H2,1-2H3. The van der Waals surface area contributed by atoms with Gasteiger partial charge in [0.2, 0.25) is 0 Å². The van der Waals surface area contributed by atoms with Crippen molar-refractivity contribution < 1.29 is 4.39 Å². The monoisotopic (exact) mass is 243 g/mol. The smallest absolute Gasteiger partial charge is 0.126 e. The van der Waals surface area contributed by atoms with Gasteiger partial charge in [0.05, 0.1) is 0 Å². The number of benzene rings is 2. The normalized spacial score (nSPS) is 10.6. The van der Waals surface area contributed by atoms with Crippen LogP contribution in [-0.4, -0.2) is 0 Å². The second-order valence-electron chi connectivity index (χ2n) is 4.61. The zero-order valence-electron chi connectivity index (χ0n) is 10.8. The third kappa shape index (κ3) is 3.17. The van der Waals surface area contributed by atoms with Crippen molar-refractivity contribution in [2.24, 2.45) is 0 Å². The molecule has 2 rings (SSSR count). The van der Waals surface area contributed by atoms with Gasteiger partial charge >= 0.3 is 0 Å². The molecule has 1 N–H and O–H groups in total. The number of rotatable bonds is 4. The Balaban J connectivity index is 1.92. The molecule has 18 heavy (non-hydrogen) atoms. The second kappa shape index (κ2) is 5.78. The molecule has 0 amide bonds. The molecule has 0 radical (unpaired) electrons. The van der Waals surface area contributed by atoms with Crippen LogP contribution in [0, 0.1) is 19.7 Å². The lowest BCUT2D eigenvalue weighted by atomic mass is 10.1. The van der Waals surface area contributed by atoms with E-state index < -0.39 is 0 Å². The summed E-state index contributed by atoms with van der Waals surface area (Å²) in [5.74, 6) is -0.134. The Kier molecular flexibility index (Phi) is 4.11. The molecular formula is C16H18FN. The van der Waals surface area contributed by atoms with Crippen molar-refractivity contribution in [1.82, 2.24) is 5.32 Å². The molecule has 0 heterocycles. The van der Waals surface area contributed by atoms with Crippen molar-refractivity contribution in [2.45, 2.75) is 26.9 Å². The van der Waals surface area contributed by atoms with Crippen LogP contribution in [0.1, 0.15) is 22.3 Å². The molecule has 2 aromatic carbocycles. The van der Waals surface area contributed by atoms with E-state index in [1.807, 2.05) is 24.3 Å². The minimum absolute atomic E-state index is 0.134. The van der Waals surface area contributed by atoms with Gasteiger partial charge in [0.15, 0.2) is 0 Å². The fourth-order valence-electron chi connectivity index (χ4n) is 1.90. The van der Waals surface area contributed by atoms with Gasteiger partial charge < -0.3 is 5.32 Å². The summed E-state index contributed by atoms with van der Waals surface area (Å²) in [5.41, 5.74) is 4.23. The molecule has 0 aliphatic heterocycles. The summed E-state index contributed by atoms with van der Waals surface area (Å²) in [6, 6.07) is 13.7. The van der Waals surface area contributed by atoms with Crippen LogP contribution in [0.2, 0.25) is 0 Å². The van der Waals surface area contributed by atoms with Gasteiger partial charge in [-0.15, -0.1) is 0 Å². The second-order valence-corrected chi connectivity index (χ2v) is 4.61. The predicted molar refractivity (Wildman–Crippen MR) is 72.9 cm³/mol. The number of halogens is 1. The highest BCUT2D eigenvalue weighted by atomic mass is 19.1. The van der Waals surface area contributed by atoms with Gasteiger partial charge in [0, 0.05) is 13.1 Å². The fourth-order valence-corrected chi connectivity index (χ4v) is 1.90. The number of hydrogen-bond acceptors (Lipinski definition) is 1. The van der Waals surface area contributed by atoms with Gasteiger partial charge in [-0.2, -0.15) is 0 Å². The minimum Gasteiger partial charge on any atom is -0.309 e. The van der Waals surface area contributed by atoms with Gasteiger partial charge in [-0.05, 0) is 42.2 Å². The van der Waals surface area contributed by atoms with Gasteiger partial charge in [-0.3, -0.25) is 0 Å². The van der Waals surface area contributed by atoms with Crippen LogP contribution in [0.4, 0.5) is 4.39 Å². The largest absolute Gasteiger partial charge is 0.309 e. The lowest BCUT2D eigenvalue weighted by Gasteiger charge is -2.08. The van der Waals surface area contributed by atoms with Crippen LogP contribution < -0.4 is 5.32 Å². The van der Waals surface area contributed by atoms with Crippen LogP contribution in [0.5, 0.6) is 0 Å². The number of aryl methyl sites for hydroxylation is 2. The predicted octanol–water partition coefficient (Wildman–Crippen LogP) is 3.73. The Morgan fingerprint density at radius 3 is 2.44 bits per heavy atom. The Labute approximate surface area is 108 Å². The average Bonchev–Trinajstić information content (AvgIpc) is 2.36. The molecular weight excluding hydrogens is 225 g/mol. The zero-order valence-corrected chi connectivity index (χ0v) is 10.8. The van der Waals surface area contributed by atoms with Crippen LogP contribution in [0.3, 0.4) is 0 Å². The first-order chi connectivity index (χ1) is 8.66. The summed E-state index contributed by atoms with van der Waals surface area (Å²) in [7, 11) is 0. The third-order valence-corrected chi connectivity index (χ3v) is 3.14. The first-order valence-corrected chi connectivity index (χ1v) is 6.17. The zero-order chi connectivity index (χ0) is 13.0. The van der Waals surface area contributed by atoms with Crippen LogP contribution in [-0.2, 0) is 13.1 Å². The van der Waals surface area contributed by atoms with Gasteiger partial charge in [0.25, 0.3) is 0 Å². The van der Waals surface area contributed by atoms with Crippen molar-refractivity contribution in [1.29, 1.82) is 0 Å². The third-order valence-electron chi connectivity index (χ3n) is 3.14. The van der Waals surface area contributed by atoms with E-state index in [4.69, 9.17) is 0 Å². The van der Waals surface area contributed by atoms with Crippen molar-refractivity contribution in [3.63, 3.8) is 0 Å². The Morgan fingerprint density at radius 2 is 1.72 bits per heavy atom. The summed E-state index contributed by atoms with van der Waals surface area (Å²) < 4.78 is 13.4. The van der Waals surface area contributed by atoms with Crippen LogP contribution in [0.25, 0.3) is 0 Å². The summed E-state index contributed by atoms with van der Waals surface area (Å²) in [4.78, 5) is 0. The highest BCUT2D eigenvalue weighted by Crippen LogP contribution is 2.10. The highest BCUT2D eigenvalue weighted by Gasteiger charge is 2.00. The van der Waals surface area contributed by atoms with E-state index in [0.717, 1.165) is 12.1 Å². The van der Waals surface area contributed by atoms with E-state index in [2.05, 4.69) is 24.4 Å². The molecule has 94 valence electrons. The van der Waals surface area contributed by atoms with Gasteiger partial charge in [-0.1, -0.05) is 36.4 Å². The molecule has 0 unspecified atom stereocenters. The highest BCUT2D eigenvalue weighted by molar-refractivity contribution is 5.26. The summed E-state index contributed by atoms with van der Waals surface area (Å²) in [6.07, 6.45) is 0. The first kappa shape index (κ1) is 12.8. The lowest BCUT2D eigenvalue weighted by Crippen LogP contribution is -2.13. The van der Waals surface area contributed by atoms with Crippen LogP contribution in [0.15, 0.2) is 42.5 Å². The number of hydrogen-bond donors (Lipinski definition) is 1. The maximum absolute atomic E-state index is 13.4. The maximum atomic E-state index is 13.4. The van der Waals surface area contributed by atoms with E-state index in [0.29, 0.717) is 12.1 Å². The first-order valence-electron chi connectivity index (χ1n) is 6.17. The molecule has 0 saturated heterocycles. The van der Waals surface area contributed by atoms with Crippen molar-refractivity contribution in [3.05, 3.63) is 70.5 Å². The van der Waals surface area contributed by atoms with Crippen LogP contribution >= 0.6 is 0 Å². The molecule has 0 bridgehead atoms. The number of nitrogens with one attached hydrogen (secondary N) is 1. The summed E-state index contributed by atoms with van der Waals surface area (Å²) in [5, 5.41) is 3.34. The average molecular weight is 243 g/mol. The molecule has 0 aliphatic carbocycles. The van der Waals surface area contributed by atoms with Crippen molar-refractivity contribution in [2.75, 3.05) is 0 Å². The molecule has 0 spiro atoms. The van der Waals surface area contributed by atoms with Crippen molar-refractivity contribution >= 4 is 0 Å². The van der Waals surface area contributed by atoms with E-state index >= 15 is 0 Å². The molecule has 1 nitrogen and oxygen atoms in total. The van der Waals surface area contributed by atoms with E-state index in [9.17, 15) is 4.39 Å². The Bertz CT molecular complexity index is 534. The minimum atomic E-state index is -0.134. The molecule has 0 aromatic heterocycles. The molecule has 2 heteroatoms. The fraction of sp³-hybridized carbons (Fsp3) is 0.250. The van der Waals surface area contributed by atoms with E-state index in [1.165, 1.54) is 11.1 Å². The summed E-state index contributed by atoms with van der Waals surface area (Å²) >= 11 is 0. The Hall–Kier alpha value is -1.67. The molecule has 2 aromatic rings. The molecule has 0 atom stereocenters. The van der Waals surface area contributed by atoms with E-state index in [1.54, 1.807) is 13.0 Å². The van der Waals surface area contributed by atoms with E-state index in [-0.39, 0.29) is 5.82 Å². The molecule has 0 fully saturated rings. The van der Waals surface area contributed by atoms with Crippen molar-refractivity contribution in [3.8, 4) is 0 Å². The molecule has 0 saturated carbocycles. The molecule has 0 aliphatic rings. The van der Waals surface area contributed by atoms with Gasteiger partial charge in [-0.25, -0.2) is 4.39 Å². The Morgan fingerprint density at radius 1 is 0.944 bits per heavy atom. The maximum Gasteiger partial charge on any atom is 0.126 e. The SMILES string of the molecule is Cc1ccc(CNCc2ccccc2C)cc1F.